The van der Waals surface area contributed by atoms with E-state index >= 15 is 0 Å². The highest BCUT2D eigenvalue weighted by Crippen LogP contribution is 2.43. The number of benzene rings is 1. The monoisotopic (exact) mass is 334 g/mol. The van der Waals surface area contributed by atoms with Crippen molar-refractivity contribution >= 4 is 0 Å². The molecular formula is C19H30N2O3. The molecule has 134 valence electrons. The number of methoxy groups -OCH3 is 2. The molecule has 3 rings (SSSR count). The largest absolute Gasteiger partial charge is 0.496 e. The number of rotatable bonds is 5. The highest BCUT2D eigenvalue weighted by atomic mass is 16.5. The van der Waals surface area contributed by atoms with Crippen molar-refractivity contribution in [3.8, 4) is 11.5 Å². The molecule has 0 aliphatic carbocycles. The lowest BCUT2D eigenvalue weighted by Gasteiger charge is -2.37. The van der Waals surface area contributed by atoms with Crippen LogP contribution in [0, 0.1) is 0 Å². The van der Waals surface area contributed by atoms with Crippen molar-refractivity contribution in [2.45, 2.75) is 32.9 Å². The molecule has 1 fully saturated rings. The highest BCUT2D eigenvalue weighted by Gasteiger charge is 2.30. The van der Waals surface area contributed by atoms with Gasteiger partial charge in [-0.2, -0.15) is 0 Å². The predicted molar refractivity (Wildman–Crippen MR) is 95.0 cm³/mol. The Hall–Kier alpha value is -1.30. The quantitative estimate of drug-likeness (QED) is 0.826. The molecule has 0 saturated carbocycles. The molecule has 24 heavy (non-hydrogen) atoms. The maximum absolute atomic E-state index is 5.87. The summed E-state index contributed by atoms with van der Waals surface area (Å²) in [7, 11) is 3.57. The second kappa shape index (κ2) is 7.72. The second-order valence-corrected chi connectivity index (χ2v) is 6.61. The molecule has 5 nitrogen and oxygen atoms in total. The lowest BCUT2D eigenvalue weighted by molar-refractivity contribution is 0.0338. The molecule has 2 aliphatic heterocycles. The molecule has 0 amide bonds. The number of nitrogens with zero attached hydrogens (tertiary/aromatic N) is 2. The third-order valence-corrected chi connectivity index (χ3v) is 5.40. The van der Waals surface area contributed by atoms with E-state index in [1.165, 1.54) is 16.7 Å². The maximum Gasteiger partial charge on any atom is 0.127 e. The Morgan fingerprint density at radius 2 is 1.92 bits per heavy atom. The van der Waals surface area contributed by atoms with Gasteiger partial charge in [-0.3, -0.25) is 9.80 Å². The SMILES string of the molecule is CCN1CCc2c(OC)c(CN3CCOCC3)cc(OC)c2C1C. The van der Waals surface area contributed by atoms with Crippen molar-refractivity contribution < 1.29 is 14.2 Å². The third-order valence-electron chi connectivity index (χ3n) is 5.40. The van der Waals surface area contributed by atoms with Crippen LogP contribution in [0.2, 0.25) is 0 Å². The fraction of sp³-hybridized carbons (Fsp3) is 0.684. The summed E-state index contributed by atoms with van der Waals surface area (Å²) in [6.45, 7) is 11.1. The van der Waals surface area contributed by atoms with E-state index in [9.17, 15) is 0 Å². The highest BCUT2D eigenvalue weighted by molar-refractivity contribution is 5.56. The first-order chi connectivity index (χ1) is 11.7. The zero-order valence-electron chi connectivity index (χ0n) is 15.4. The molecule has 1 aromatic rings. The minimum absolute atomic E-state index is 0.361. The summed E-state index contributed by atoms with van der Waals surface area (Å²) in [5, 5.41) is 0. The van der Waals surface area contributed by atoms with Crippen LogP contribution in [0.3, 0.4) is 0 Å². The molecule has 1 aromatic carbocycles. The van der Waals surface area contributed by atoms with Gasteiger partial charge >= 0.3 is 0 Å². The Morgan fingerprint density at radius 3 is 2.54 bits per heavy atom. The Bertz CT molecular complexity index is 570. The standard InChI is InChI=1S/C19H30N2O3/c1-5-21-7-6-16-18(14(21)2)17(22-3)12-15(19(16)23-4)13-20-8-10-24-11-9-20/h12,14H,5-11,13H2,1-4H3. The van der Waals surface area contributed by atoms with Crippen LogP contribution in [0.15, 0.2) is 6.07 Å². The average molecular weight is 334 g/mol. The number of hydrogen-bond donors (Lipinski definition) is 0. The number of fused-ring (bicyclic) bond motifs is 1. The summed E-state index contributed by atoms with van der Waals surface area (Å²) in [6.07, 6.45) is 1.02. The summed E-state index contributed by atoms with van der Waals surface area (Å²) >= 11 is 0. The van der Waals surface area contributed by atoms with Crippen LogP contribution in [-0.4, -0.2) is 63.4 Å². The molecule has 0 bridgehead atoms. The number of likely N-dealkylation sites (N-methyl/N-ethyl adjacent to an activating group) is 1. The Balaban J connectivity index is 1.99. The van der Waals surface area contributed by atoms with E-state index in [4.69, 9.17) is 14.2 Å². The molecule has 0 aromatic heterocycles. The second-order valence-electron chi connectivity index (χ2n) is 6.61. The summed E-state index contributed by atoms with van der Waals surface area (Å²) in [4.78, 5) is 4.92. The van der Waals surface area contributed by atoms with Gasteiger partial charge in [0.2, 0.25) is 0 Å². The van der Waals surface area contributed by atoms with Gasteiger partial charge in [0, 0.05) is 48.9 Å². The van der Waals surface area contributed by atoms with E-state index in [-0.39, 0.29) is 0 Å². The van der Waals surface area contributed by atoms with Crippen LogP contribution in [0.4, 0.5) is 0 Å². The predicted octanol–water partition coefficient (Wildman–Crippen LogP) is 2.48. The van der Waals surface area contributed by atoms with Gasteiger partial charge in [-0.05, 0) is 26.0 Å². The Labute approximate surface area is 145 Å². The maximum atomic E-state index is 5.87. The Morgan fingerprint density at radius 1 is 1.17 bits per heavy atom. The minimum Gasteiger partial charge on any atom is -0.496 e. The van der Waals surface area contributed by atoms with Gasteiger partial charge in [0.25, 0.3) is 0 Å². The van der Waals surface area contributed by atoms with Crippen LogP contribution in [0.1, 0.15) is 36.6 Å². The van der Waals surface area contributed by atoms with Gasteiger partial charge in [0.1, 0.15) is 11.5 Å². The topological polar surface area (TPSA) is 34.2 Å². The average Bonchev–Trinajstić information content (AvgIpc) is 2.62. The van der Waals surface area contributed by atoms with E-state index in [2.05, 4.69) is 29.7 Å². The first-order valence-electron chi connectivity index (χ1n) is 9.00. The molecule has 2 heterocycles. The van der Waals surface area contributed by atoms with Crippen molar-refractivity contribution in [2.24, 2.45) is 0 Å². The summed E-state index contributed by atoms with van der Waals surface area (Å²) in [5.41, 5.74) is 3.86. The zero-order chi connectivity index (χ0) is 17.1. The summed E-state index contributed by atoms with van der Waals surface area (Å²) in [6, 6.07) is 2.54. The van der Waals surface area contributed by atoms with Crippen LogP contribution < -0.4 is 9.47 Å². The molecule has 0 spiro atoms. The molecule has 1 saturated heterocycles. The minimum atomic E-state index is 0.361. The zero-order valence-corrected chi connectivity index (χ0v) is 15.4. The van der Waals surface area contributed by atoms with Crippen molar-refractivity contribution in [1.82, 2.24) is 9.80 Å². The molecule has 2 aliphatic rings. The van der Waals surface area contributed by atoms with Crippen LogP contribution in [0.25, 0.3) is 0 Å². The fourth-order valence-corrected chi connectivity index (χ4v) is 4.08. The molecule has 0 radical (unpaired) electrons. The molecule has 1 unspecified atom stereocenters. The van der Waals surface area contributed by atoms with Crippen molar-refractivity contribution in [3.05, 3.63) is 22.8 Å². The molecule has 0 N–H and O–H groups in total. The first-order valence-corrected chi connectivity index (χ1v) is 9.00. The van der Waals surface area contributed by atoms with Crippen LogP contribution >= 0.6 is 0 Å². The number of morpholine rings is 1. The molecular weight excluding hydrogens is 304 g/mol. The van der Waals surface area contributed by atoms with Gasteiger partial charge in [-0.15, -0.1) is 0 Å². The van der Waals surface area contributed by atoms with Gasteiger partial charge in [-0.25, -0.2) is 0 Å². The van der Waals surface area contributed by atoms with Crippen LogP contribution in [-0.2, 0) is 17.7 Å². The van der Waals surface area contributed by atoms with E-state index in [1.807, 2.05) is 0 Å². The van der Waals surface area contributed by atoms with Crippen LogP contribution in [0.5, 0.6) is 11.5 Å². The summed E-state index contributed by atoms with van der Waals surface area (Å²) in [5.74, 6) is 2.06. The van der Waals surface area contributed by atoms with Gasteiger partial charge in [-0.1, -0.05) is 6.92 Å². The molecule has 1 atom stereocenters. The lowest BCUT2D eigenvalue weighted by Crippen LogP contribution is -2.36. The third kappa shape index (κ3) is 3.25. The van der Waals surface area contributed by atoms with Crippen molar-refractivity contribution in [2.75, 3.05) is 53.6 Å². The number of ether oxygens (including phenoxy) is 3. The van der Waals surface area contributed by atoms with E-state index in [0.29, 0.717) is 6.04 Å². The Kier molecular flexibility index (Phi) is 5.64. The first kappa shape index (κ1) is 17.5. The number of hydrogen-bond acceptors (Lipinski definition) is 5. The van der Waals surface area contributed by atoms with E-state index in [0.717, 1.165) is 63.9 Å². The van der Waals surface area contributed by atoms with E-state index in [1.54, 1.807) is 14.2 Å². The summed E-state index contributed by atoms with van der Waals surface area (Å²) < 4.78 is 17.1. The fourth-order valence-electron chi connectivity index (χ4n) is 4.08. The lowest BCUT2D eigenvalue weighted by atomic mass is 9.89. The van der Waals surface area contributed by atoms with Crippen molar-refractivity contribution in [3.63, 3.8) is 0 Å². The normalized spacial score (nSPS) is 22.2. The molecule has 5 heteroatoms. The smallest absolute Gasteiger partial charge is 0.127 e. The van der Waals surface area contributed by atoms with Crippen molar-refractivity contribution in [1.29, 1.82) is 0 Å². The van der Waals surface area contributed by atoms with Gasteiger partial charge in [0.05, 0.1) is 27.4 Å². The van der Waals surface area contributed by atoms with Gasteiger partial charge < -0.3 is 14.2 Å². The van der Waals surface area contributed by atoms with E-state index < -0.39 is 0 Å². The van der Waals surface area contributed by atoms with Gasteiger partial charge in [0.15, 0.2) is 0 Å².